The van der Waals surface area contributed by atoms with Crippen molar-refractivity contribution in [1.82, 2.24) is 9.80 Å². The lowest BCUT2D eigenvalue weighted by molar-refractivity contribution is -0.00488. The van der Waals surface area contributed by atoms with Crippen LogP contribution >= 0.6 is 0 Å². The molecule has 22 heavy (non-hydrogen) atoms. The zero-order valence-electron chi connectivity index (χ0n) is 13.7. The van der Waals surface area contributed by atoms with Crippen LogP contribution in [0, 0.1) is 0 Å². The first-order chi connectivity index (χ1) is 10.3. The van der Waals surface area contributed by atoms with Crippen LogP contribution in [-0.2, 0) is 11.3 Å². The van der Waals surface area contributed by atoms with Gasteiger partial charge in [0.25, 0.3) is 0 Å². The van der Waals surface area contributed by atoms with Gasteiger partial charge in [0.1, 0.15) is 6.61 Å². The lowest BCUT2D eigenvalue weighted by atomic mass is 10.1. The van der Waals surface area contributed by atoms with Gasteiger partial charge in [0, 0.05) is 32.2 Å². The number of nitrogens with zero attached hydrogens (tertiary/aromatic N) is 2. The van der Waals surface area contributed by atoms with Gasteiger partial charge in [-0.25, -0.2) is 4.79 Å². The Balaban J connectivity index is 1.81. The monoisotopic (exact) mass is 306 g/mol. The average molecular weight is 306 g/mol. The number of carbonyl (C=O) groups excluding carboxylic acids is 1. The van der Waals surface area contributed by atoms with Crippen LogP contribution in [-0.4, -0.2) is 58.8 Å². The largest absolute Gasteiger partial charge is 0.445 e. The maximum absolute atomic E-state index is 12.1. The minimum absolute atomic E-state index is 0.212. The fourth-order valence-electron chi connectivity index (χ4n) is 2.70. The second kappa shape index (κ2) is 7.11. The van der Waals surface area contributed by atoms with Gasteiger partial charge in [-0.2, -0.15) is 0 Å². The molecule has 0 aromatic heterocycles. The van der Waals surface area contributed by atoms with Crippen molar-refractivity contribution in [1.29, 1.82) is 0 Å². The van der Waals surface area contributed by atoms with E-state index in [2.05, 4.69) is 11.8 Å². The number of hydrogen-bond donors (Lipinski definition) is 1. The van der Waals surface area contributed by atoms with Crippen LogP contribution in [0.5, 0.6) is 0 Å². The van der Waals surface area contributed by atoms with Crippen LogP contribution in [0.25, 0.3) is 0 Å². The Hall–Kier alpha value is -1.59. The van der Waals surface area contributed by atoms with Crippen molar-refractivity contribution < 1.29 is 14.6 Å². The van der Waals surface area contributed by atoms with Crippen molar-refractivity contribution in [2.24, 2.45) is 0 Å². The molecule has 0 saturated carbocycles. The van der Waals surface area contributed by atoms with E-state index in [1.165, 1.54) is 0 Å². The SMILES string of the molecule is CC1CN(C(=O)OCc2ccccc2)CCN1CC(C)(C)O. The van der Waals surface area contributed by atoms with E-state index >= 15 is 0 Å². The van der Waals surface area contributed by atoms with E-state index in [-0.39, 0.29) is 12.1 Å². The summed E-state index contributed by atoms with van der Waals surface area (Å²) in [7, 11) is 0. The number of benzene rings is 1. The van der Waals surface area contributed by atoms with Crippen molar-refractivity contribution in [2.75, 3.05) is 26.2 Å². The van der Waals surface area contributed by atoms with Gasteiger partial charge in [0.2, 0.25) is 0 Å². The molecule has 0 aliphatic carbocycles. The highest BCUT2D eigenvalue weighted by molar-refractivity contribution is 5.67. The van der Waals surface area contributed by atoms with Crippen molar-refractivity contribution in [3.63, 3.8) is 0 Å². The molecule has 1 N–H and O–H groups in total. The predicted octanol–water partition coefficient (Wildman–Crippen LogP) is 2.10. The number of hydrogen-bond acceptors (Lipinski definition) is 4. The number of carbonyl (C=O) groups is 1. The maximum Gasteiger partial charge on any atom is 0.410 e. The number of piperazine rings is 1. The number of β-amino-alcohol motifs (C(OH)–C–C–N with tert-alkyl or cyclic N) is 1. The Morgan fingerprint density at radius 1 is 1.32 bits per heavy atom. The molecule has 1 atom stereocenters. The minimum Gasteiger partial charge on any atom is -0.445 e. The van der Waals surface area contributed by atoms with E-state index in [1.807, 2.05) is 30.3 Å². The summed E-state index contributed by atoms with van der Waals surface area (Å²) in [6.45, 7) is 8.62. The first-order valence-corrected chi connectivity index (χ1v) is 7.77. The fraction of sp³-hybridized carbons (Fsp3) is 0.588. The number of ether oxygens (including phenoxy) is 1. The second-order valence-electron chi connectivity index (χ2n) is 6.62. The third-order valence-electron chi connectivity index (χ3n) is 3.82. The smallest absolute Gasteiger partial charge is 0.410 e. The zero-order chi connectivity index (χ0) is 16.2. The molecule has 1 aliphatic heterocycles. The summed E-state index contributed by atoms with van der Waals surface area (Å²) in [6.07, 6.45) is -0.265. The van der Waals surface area contributed by atoms with Crippen LogP contribution in [0.3, 0.4) is 0 Å². The van der Waals surface area contributed by atoms with E-state index in [9.17, 15) is 9.90 Å². The molecule has 1 saturated heterocycles. The first kappa shape index (κ1) is 16.8. The molecular formula is C17H26N2O3. The molecule has 1 aromatic rings. The standard InChI is InChI=1S/C17H26N2O3/c1-14-11-18(9-10-19(14)13-17(2,3)21)16(20)22-12-15-7-5-4-6-8-15/h4-8,14,21H,9-13H2,1-3H3. The molecule has 5 heteroatoms. The first-order valence-electron chi connectivity index (χ1n) is 7.77. The molecule has 2 rings (SSSR count). The quantitative estimate of drug-likeness (QED) is 0.925. The molecule has 1 heterocycles. The Bertz CT molecular complexity index is 484. The summed E-state index contributed by atoms with van der Waals surface area (Å²) in [5.41, 5.74) is 0.272. The predicted molar refractivity (Wildman–Crippen MR) is 85.5 cm³/mol. The molecule has 1 amide bonds. The second-order valence-corrected chi connectivity index (χ2v) is 6.62. The normalized spacial score (nSPS) is 20.0. The molecule has 0 bridgehead atoms. The van der Waals surface area contributed by atoms with Crippen molar-refractivity contribution in [2.45, 2.75) is 39.0 Å². The topological polar surface area (TPSA) is 53.0 Å². The molecule has 122 valence electrons. The van der Waals surface area contributed by atoms with Gasteiger partial charge in [-0.3, -0.25) is 4.90 Å². The highest BCUT2D eigenvalue weighted by Gasteiger charge is 2.30. The van der Waals surface area contributed by atoms with Gasteiger partial charge in [-0.1, -0.05) is 30.3 Å². The number of amides is 1. The van der Waals surface area contributed by atoms with Gasteiger partial charge in [-0.05, 0) is 26.3 Å². The number of aliphatic hydroxyl groups is 1. The highest BCUT2D eigenvalue weighted by Crippen LogP contribution is 2.15. The number of rotatable bonds is 4. The Labute approximate surface area is 132 Å². The Morgan fingerprint density at radius 3 is 2.59 bits per heavy atom. The summed E-state index contributed by atoms with van der Waals surface area (Å²) in [6, 6.07) is 9.90. The summed E-state index contributed by atoms with van der Waals surface area (Å²) in [4.78, 5) is 16.1. The molecular weight excluding hydrogens is 280 g/mol. The van der Waals surface area contributed by atoms with E-state index in [1.54, 1.807) is 18.7 Å². The summed E-state index contributed by atoms with van der Waals surface area (Å²) in [5.74, 6) is 0. The lowest BCUT2D eigenvalue weighted by Gasteiger charge is -2.41. The maximum atomic E-state index is 12.1. The van der Waals surface area contributed by atoms with E-state index in [4.69, 9.17) is 4.74 Å². The zero-order valence-corrected chi connectivity index (χ0v) is 13.7. The van der Waals surface area contributed by atoms with E-state index < -0.39 is 5.60 Å². The van der Waals surface area contributed by atoms with Gasteiger partial charge in [0.05, 0.1) is 5.60 Å². The molecule has 1 aromatic carbocycles. The molecule has 5 nitrogen and oxygen atoms in total. The van der Waals surface area contributed by atoms with Crippen molar-refractivity contribution in [3.05, 3.63) is 35.9 Å². The minimum atomic E-state index is -0.718. The third kappa shape index (κ3) is 5.00. The van der Waals surface area contributed by atoms with E-state index in [0.29, 0.717) is 26.2 Å². The molecule has 1 aliphatic rings. The van der Waals surface area contributed by atoms with Crippen LogP contribution < -0.4 is 0 Å². The summed E-state index contributed by atoms with van der Waals surface area (Å²) in [5, 5.41) is 9.93. The van der Waals surface area contributed by atoms with Gasteiger partial charge >= 0.3 is 6.09 Å². The lowest BCUT2D eigenvalue weighted by Crippen LogP contribution is -2.56. The Kier molecular flexibility index (Phi) is 5.42. The van der Waals surface area contributed by atoms with E-state index in [0.717, 1.165) is 12.1 Å². The average Bonchev–Trinajstić information content (AvgIpc) is 2.46. The van der Waals surface area contributed by atoms with Crippen LogP contribution in [0.4, 0.5) is 4.79 Å². The van der Waals surface area contributed by atoms with Gasteiger partial charge in [-0.15, -0.1) is 0 Å². The summed E-state index contributed by atoms with van der Waals surface area (Å²) >= 11 is 0. The fourth-order valence-corrected chi connectivity index (χ4v) is 2.70. The van der Waals surface area contributed by atoms with Crippen LogP contribution in [0.1, 0.15) is 26.3 Å². The molecule has 1 unspecified atom stereocenters. The molecule has 1 fully saturated rings. The van der Waals surface area contributed by atoms with Gasteiger partial charge < -0.3 is 14.7 Å². The van der Waals surface area contributed by atoms with Crippen LogP contribution in [0.15, 0.2) is 30.3 Å². The molecule has 0 spiro atoms. The highest BCUT2D eigenvalue weighted by atomic mass is 16.6. The van der Waals surface area contributed by atoms with Crippen LogP contribution in [0.2, 0.25) is 0 Å². The third-order valence-corrected chi connectivity index (χ3v) is 3.82. The van der Waals surface area contributed by atoms with Crippen molar-refractivity contribution >= 4 is 6.09 Å². The Morgan fingerprint density at radius 2 is 2.00 bits per heavy atom. The summed E-state index contributed by atoms with van der Waals surface area (Å²) < 4.78 is 5.37. The van der Waals surface area contributed by atoms with Gasteiger partial charge in [0.15, 0.2) is 0 Å². The molecule has 0 radical (unpaired) electrons. The van der Waals surface area contributed by atoms with Crippen molar-refractivity contribution in [3.8, 4) is 0 Å².